The fourth-order valence-electron chi connectivity index (χ4n) is 3.81. The third kappa shape index (κ3) is 4.19. The van der Waals surface area contributed by atoms with E-state index < -0.39 is 0 Å². The number of rotatable bonds is 5. The Morgan fingerprint density at radius 2 is 1.71 bits per heavy atom. The lowest BCUT2D eigenvalue weighted by Gasteiger charge is -2.50. The van der Waals surface area contributed by atoms with Gasteiger partial charge in [0, 0.05) is 44.2 Å². The van der Waals surface area contributed by atoms with Crippen LogP contribution in [0.2, 0.25) is 0 Å². The molecule has 0 aromatic rings. The summed E-state index contributed by atoms with van der Waals surface area (Å²) in [4.78, 5) is 17.2. The van der Waals surface area contributed by atoms with E-state index in [1.807, 2.05) is 13.8 Å². The summed E-state index contributed by atoms with van der Waals surface area (Å²) in [6.07, 6.45) is 6.47. The summed E-state index contributed by atoms with van der Waals surface area (Å²) < 4.78 is 0. The van der Waals surface area contributed by atoms with Crippen LogP contribution in [0.5, 0.6) is 0 Å². The lowest BCUT2D eigenvalue weighted by atomic mass is 9.79. The molecule has 0 spiro atoms. The molecule has 1 N–H and O–H groups in total. The Bertz CT molecular complexity index is 329. The van der Waals surface area contributed by atoms with Crippen molar-refractivity contribution in [3.8, 4) is 0 Å². The lowest BCUT2D eigenvalue weighted by Crippen LogP contribution is -2.62. The Morgan fingerprint density at radius 1 is 1.10 bits per heavy atom. The molecule has 1 saturated heterocycles. The number of amides is 1. The molecule has 1 heterocycles. The van der Waals surface area contributed by atoms with Crippen molar-refractivity contribution < 1.29 is 4.79 Å². The zero-order chi connectivity index (χ0) is 15.3. The molecule has 0 bridgehead atoms. The van der Waals surface area contributed by atoms with Gasteiger partial charge in [-0.3, -0.25) is 9.69 Å². The number of likely N-dealkylation sites (N-methyl/N-ethyl adjacent to an activating group) is 1. The van der Waals surface area contributed by atoms with Crippen LogP contribution in [0.4, 0.5) is 0 Å². The quantitative estimate of drug-likeness (QED) is 0.844. The maximum absolute atomic E-state index is 12.0. The van der Waals surface area contributed by atoms with Crippen LogP contribution in [0.15, 0.2) is 0 Å². The van der Waals surface area contributed by atoms with E-state index in [9.17, 15) is 4.79 Å². The van der Waals surface area contributed by atoms with Crippen LogP contribution in [-0.4, -0.2) is 60.5 Å². The Balaban J connectivity index is 1.98. The molecule has 122 valence electrons. The molecule has 0 radical (unpaired) electrons. The molecule has 2 rings (SSSR count). The second-order valence-electron chi connectivity index (χ2n) is 7.08. The number of hydrogen-bond donors (Lipinski definition) is 1. The first-order chi connectivity index (χ1) is 10.1. The highest BCUT2D eigenvalue weighted by atomic mass is 16.1. The van der Waals surface area contributed by atoms with Crippen molar-refractivity contribution in [2.45, 2.75) is 58.4 Å². The monoisotopic (exact) mass is 295 g/mol. The molecule has 4 heteroatoms. The Kier molecular flexibility index (Phi) is 6.06. The smallest absolute Gasteiger partial charge is 0.222 e. The van der Waals surface area contributed by atoms with Crippen LogP contribution < -0.4 is 5.32 Å². The van der Waals surface area contributed by atoms with Crippen molar-refractivity contribution >= 4 is 5.91 Å². The lowest BCUT2D eigenvalue weighted by molar-refractivity contribution is -0.125. The van der Waals surface area contributed by atoms with Gasteiger partial charge in [0.1, 0.15) is 0 Å². The first-order valence-corrected chi connectivity index (χ1v) is 8.82. The summed E-state index contributed by atoms with van der Waals surface area (Å²) >= 11 is 0. The number of carbonyl (C=O) groups excluding carboxylic acids is 1. The van der Waals surface area contributed by atoms with Gasteiger partial charge in [0.05, 0.1) is 0 Å². The second-order valence-corrected chi connectivity index (χ2v) is 7.08. The molecule has 1 saturated carbocycles. The van der Waals surface area contributed by atoms with Gasteiger partial charge in [0.15, 0.2) is 0 Å². The van der Waals surface area contributed by atoms with Crippen molar-refractivity contribution in [1.29, 1.82) is 0 Å². The van der Waals surface area contributed by atoms with E-state index in [0.29, 0.717) is 0 Å². The molecule has 21 heavy (non-hydrogen) atoms. The average Bonchev–Trinajstić information content (AvgIpc) is 2.53. The van der Waals surface area contributed by atoms with Crippen LogP contribution in [0.1, 0.15) is 52.9 Å². The fraction of sp³-hybridized carbons (Fsp3) is 0.941. The third-order valence-corrected chi connectivity index (χ3v) is 5.39. The van der Waals surface area contributed by atoms with E-state index in [-0.39, 0.29) is 17.4 Å². The topological polar surface area (TPSA) is 35.6 Å². The normalized spacial score (nSPS) is 24.2. The van der Waals surface area contributed by atoms with Crippen molar-refractivity contribution in [2.24, 2.45) is 5.92 Å². The molecule has 0 aromatic carbocycles. The second kappa shape index (κ2) is 7.59. The van der Waals surface area contributed by atoms with Crippen LogP contribution in [0, 0.1) is 5.92 Å². The van der Waals surface area contributed by atoms with Gasteiger partial charge in [0.25, 0.3) is 0 Å². The highest BCUT2D eigenvalue weighted by molar-refractivity contribution is 5.77. The van der Waals surface area contributed by atoms with Gasteiger partial charge in [-0.15, -0.1) is 0 Å². The number of nitrogens with zero attached hydrogens (tertiary/aromatic N) is 2. The number of nitrogens with one attached hydrogen (secondary N) is 1. The van der Waals surface area contributed by atoms with E-state index >= 15 is 0 Å². The minimum Gasteiger partial charge on any atom is -0.354 e. The predicted octanol–water partition coefficient (Wildman–Crippen LogP) is 2.10. The number of carbonyl (C=O) groups is 1. The Morgan fingerprint density at radius 3 is 2.24 bits per heavy atom. The summed E-state index contributed by atoms with van der Waals surface area (Å²) in [6, 6.07) is 0. The Labute approximate surface area is 130 Å². The summed E-state index contributed by atoms with van der Waals surface area (Å²) in [5.74, 6) is 0.287. The minimum atomic E-state index is 0.0857. The van der Waals surface area contributed by atoms with Crippen LogP contribution in [-0.2, 0) is 4.79 Å². The molecule has 0 aromatic heterocycles. The maximum Gasteiger partial charge on any atom is 0.222 e. The highest BCUT2D eigenvalue weighted by Gasteiger charge is 2.39. The van der Waals surface area contributed by atoms with Crippen molar-refractivity contribution in [1.82, 2.24) is 15.1 Å². The molecular weight excluding hydrogens is 262 g/mol. The fourth-order valence-corrected chi connectivity index (χ4v) is 3.81. The summed E-state index contributed by atoms with van der Waals surface area (Å²) in [7, 11) is 0. The van der Waals surface area contributed by atoms with Gasteiger partial charge >= 0.3 is 0 Å². The number of hydrogen-bond acceptors (Lipinski definition) is 3. The van der Waals surface area contributed by atoms with Crippen molar-refractivity contribution in [3.63, 3.8) is 0 Å². The molecule has 0 unspecified atom stereocenters. The first-order valence-electron chi connectivity index (χ1n) is 8.82. The van der Waals surface area contributed by atoms with Gasteiger partial charge in [-0.1, -0.05) is 40.0 Å². The van der Waals surface area contributed by atoms with E-state index in [1.165, 1.54) is 45.2 Å². The zero-order valence-corrected chi connectivity index (χ0v) is 14.2. The molecule has 1 aliphatic carbocycles. The maximum atomic E-state index is 12.0. The van der Waals surface area contributed by atoms with Gasteiger partial charge in [-0.25, -0.2) is 0 Å². The molecule has 1 aliphatic heterocycles. The SMILES string of the molecule is CCN1CCN(C2(CNC(=O)C(C)C)CCCCC2)CC1. The molecular formula is C17H33N3O. The Hall–Kier alpha value is -0.610. The van der Waals surface area contributed by atoms with E-state index in [1.54, 1.807) is 0 Å². The summed E-state index contributed by atoms with van der Waals surface area (Å²) in [6.45, 7) is 12.9. The van der Waals surface area contributed by atoms with Crippen molar-refractivity contribution in [2.75, 3.05) is 39.3 Å². The van der Waals surface area contributed by atoms with Gasteiger partial charge in [-0.2, -0.15) is 0 Å². The van der Waals surface area contributed by atoms with Gasteiger partial charge in [-0.05, 0) is 19.4 Å². The van der Waals surface area contributed by atoms with E-state index in [4.69, 9.17) is 0 Å². The third-order valence-electron chi connectivity index (χ3n) is 5.39. The molecule has 2 fully saturated rings. The van der Waals surface area contributed by atoms with Gasteiger partial charge in [0.2, 0.25) is 5.91 Å². The molecule has 0 atom stereocenters. The minimum absolute atomic E-state index is 0.0857. The summed E-state index contributed by atoms with van der Waals surface area (Å²) in [5, 5.41) is 3.22. The average molecular weight is 295 g/mol. The standard InChI is InChI=1S/C17H33N3O/c1-4-19-10-12-20(13-11-19)17(8-6-5-7-9-17)14-18-16(21)15(2)3/h15H,4-14H2,1-3H3,(H,18,21). The first kappa shape index (κ1) is 16.8. The molecule has 4 nitrogen and oxygen atoms in total. The largest absolute Gasteiger partial charge is 0.354 e. The number of piperazine rings is 1. The summed E-state index contributed by atoms with van der Waals surface area (Å²) in [5.41, 5.74) is 0.225. The zero-order valence-electron chi connectivity index (χ0n) is 14.2. The van der Waals surface area contributed by atoms with Crippen molar-refractivity contribution in [3.05, 3.63) is 0 Å². The van der Waals surface area contributed by atoms with Crippen LogP contribution in [0.25, 0.3) is 0 Å². The predicted molar refractivity (Wildman–Crippen MR) is 87.4 cm³/mol. The van der Waals surface area contributed by atoms with Crippen LogP contribution >= 0.6 is 0 Å². The molecule has 2 aliphatic rings. The van der Waals surface area contributed by atoms with E-state index in [2.05, 4.69) is 22.0 Å². The molecule has 1 amide bonds. The van der Waals surface area contributed by atoms with E-state index in [0.717, 1.165) is 26.2 Å². The highest BCUT2D eigenvalue weighted by Crippen LogP contribution is 2.34. The van der Waals surface area contributed by atoms with Crippen LogP contribution in [0.3, 0.4) is 0 Å². The van der Waals surface area contributed by atoms with Gasteiger partial charge < -0.3 is 10.2 Å².